The summed E-state index contributed by atoms with van der Waals surface area (Å²) in [6.45, 7) is 1.21. The van der Waals surface area contributed by atoms with E-state index in [4.69, 9.17) is 19.9 Å². The standard InChI is InChI=1S/C13H17NO4/c1-16-12-5-4-9(7-11(12)14)13(15)18-10-3-2-6-17-8-10/h4-5,7,10H,2-3,6,8,14H2,1H3. The Morgan fingerprint density at radius 2 is 2.33 bits per heavy atom. The van der Waals surface area contributed by atoms with Crippen LogP contribution in [-0.4, -0.2) is 32.4 Å². The lowest BCUT2D eigenvalue weighted by atomic mass is 10.1. The van der Waals surface area contributed by atoms with Gasteiger partial charge in [-0.2, -0.15) is 0 Å². The molecule has 98 valence electrons. The highest BCUT2D eigenvalue weighted by Gasteiger charge is 2.19. The molecule has 0 amide bonds. The molecule has 0 aliphatic carbocycles. The van der Waals surface area contributed by atoms with E-state index >= 15 is 0 Å². The number of nitrogens with two attached hydrogens (primary N) is 1. The minimum Gasteiger partial charge on any atom is -0.495 e. The monoisotopic (exact) mass is 251 g/mol. The van der Waals surface area contributed by atoms with E-state index in [0.717, 1.165) is 19.4 Å². The number of rotatable bonds is 3. The van der Waals surface area contributed by atoms with Gasteiger partial charge in [0.2, 0.25) is 0 Å². The Kier molecular flexibility index (Phi) is 4.04. The zero-order valence-corrected chi connectivity index (χ0v) is 10.3. The van der Waals surface area contributed by atoms with Crippen LogP contribution in [0.1, 0.15) is 23.2 Å². The summed E-state index contributed by atoms with van der Waals surface area (Å²) in [6.07, 6.45) is 1.61. The van der Waals surface area contributed by atoms with Crippen LogP contribution in [0.25, 0.3) is 0 Å². The zero-order chi connectivity index (χ0) is 13.0. The summed E-state index contributed by atoms with van der Waals surface area (Å²) in [7, 11) is 1.53. The first kappa shape index (κ1) is 12.7. The van der Waals surface area contributed by atoms with Crippen molar-refractivity contribution >= 4 is 11.7 Å². The molecule has 18 heavy (non-hydrogen) atoms. The summed E-state index contributed by atoms with van der Waals surface area (Å²) in [5, 5.41) is 0. The zero-order valence-electron chi connectivity index (χ0n) is 10.3. The van der Waals surface area contributed by atoms with Crippen LogP contribution < -0.4 is 10.5 Å². The number of carbonyl (C=O) groups excluding carboxylic acids is 1. The van der Waals surface area contributed by atoms with Crippen LogP contribution in [0, 0.1) is 0 Å². The molecule has 0 bridgehead atoms. The van der Waals surface area contributed by atoms with Crippen molar-refractivity contribution in [2.24, 2.45) is 0 Å². The predicted octanol–water partition coefficient (Wildman–Crippen LogP) is 1.61. The average Bonchev–Trinajstić information content (AvgIpc) is 2.39. The summed E-state index contributed by atoms with van der Waals surface area (Å²) in [4.78, 5) is 11.9. The van der Waals surface area contributed by atoms with Crippen molar-refractivity contribution < 1.29 is 19.0 Å². The maximum Gasteiger partial charge on any atom is 0.338 e. The number of hydrogen-bond donors (Lipinski definition) is 1. The first-order valence-electron chi connectivity index (χ1n) is 5.93. The van der Waals surface area contributed by atoms with Gasteiger partial charge in [0.1, 0.15) is 11.9 Å². The van der Waals surface area contributed by atoms with Crippen LogP contribution in [0.15, 0.2) is 18.2 Å². The Labute approximate surface area is 106 Å². The molecule has 0 spiro atoms. The molecule has 1 unspecified atom stereocenters. The fourth-order valence-corrected chi connectivity index (χ4v) is 1.88. The molecular formula is C13H17NO4. The number of hydrogen-bond acceptors (Lipinski definition) is 5. The van der Waals surface area contributed by atoms with Crippen molar-refractivity contribution in [2.45, 2.75) is 18.9 Å². The highest BCUT2D eigenvalue weighted by Crippen LogP contribution is 2.23. The number of methoxy groups -OCH3 is 1. The number of esters is 1. The fraction of sp³-hybridized carbons (Fsp3) is 0.462. The summed E-state index contributed by atoms with van der Waals surface area (Å²) < 4.78 is 15.6. The number of carbonyl (C=O) groups is 1. The van der Waals surface area contributed by atoms with Gasteiger partial charge in [0.15, 0.2) is 0 Å². The minimum absolute atomic E-state index is 0.158. The molecular weight excluding hydrogens is 234 g/mol. The number of anilines is 1. The Hall–Kier alpha value is -1.75. The maximum atomic E-state index is 11.9. The molecule has 0 radical (unpaired) electrons. The topological polar surface area (TPSA) is 70.8 Å². The molecule has 0 saturated carbocycles. The molecule has 1 aliphatic heterocycles. The van der Waals surface area contributed by atoms with Crippen LogP contribution in [0.5, 0.6) is 5.75 Å². The molecule has 5 heteroatoms. The van der Waals surface area contributed by atoms with Crippen molar-refractivity contribution in [1.29, 1.82) is 0 Å². The van der Waals surface area contributed by atoms with Gasteiger partial charge >= 0.3 is 5.97 Å². The van der Waals surface area contributed by atoms with Crippen molar-refractivity contribution in [1.82, 2.24) is 0 Å². The molecule has 1 saturated heterocycles. The quantitative estimate of drug-likeness (QED) is 0.653. The fourth-order valence-electron chi connectivity index (χ4n) is 1.88. The van der Waals surface area contributed by atoms with Crippen LogP contribution >= 0.6 is 0 Å². The highest BCUT2D eigenvalue weighted by molar-refractivity contribution is 5.91. The van der Waals surface area contributed by atoms with E-state index in [1.165, 1.54) is 7.11 Å². The molecule has 1 fully saturated rings. The second kappa shape index (κ2) is 5.73. The Morgan fingerprint density at radius 1 is 1.50 bits per heavy atom. The van der Waals surface area contributed by atoms with E-state index in [1.807, 2.05) is 0 Å². The van der Waals surface area contributed by atoms with Crippen molar-refractivity contribution in [3.05, 3.63) is 23.8 Å². The molecule has 1 heterocycles. The Balaban J connectivity index is 2.01. The molecule has 5 nitrogen and oxygen atoms in total. The van der Waals surface area contributed by atoms with Gasteiger partial charge in [-0.3, -0.25) is 0 Å². The van der Waals surface area contributed by atoms with Gasteiger partial charge in [-0.15, -0.1) is 0 Å². The number of nitrogen functional groups attached to an aromatic ring is 1. The summed E-state index contributed by atoms with van der Waals surface area (Å²) >= 11 is 0. The third kappa shape index (κ3) is 2.92. The van der Waals surface area contributed by atoms with Gasteiger partial charge < -0.3 is 19.9 Å². The van der Waals surface area contributed by atoms with E-state index in [0.29, 0.717) is 23.6 Å². The lowest BCUT2D eigenvalue weighted by Gasteiger charge is -2.22. The summed E-state index contributed by atoms with van der Waals surface area (Å²) in [6, 6.07) is 4.86. The second-order valence-electron chi connectivity index (χ2n) is 4.20. The van der Waals surface area contributed by atoms with Crippen molar-refractivity contribution in [3.8, 4) is 5.75 Å². The largest absolute Gasteiger partial charge is 0.495 e. The molecule has 1 aromatic rings. The van der Waals surface area contributed by atoms with Crippen LogP contribution in [0.3, 0.4) is 0 Å². The van der Waals surface area contributed by atoms with Gasteiger partial charge in [0.05, 0.1) is 25.0 Å². The first-order chi connectivity index (χ1) is 8.70. The molecule has 2 N–H and O–H groups in total. The van der Waals surface area contributed by atoms with E-state index < -0.39 is 0 Å². The van der Waals surface area contributed by atoms with Gasteiger partial charge in [-0.25, -0.2) is 4.79 Å². The van der Waals surface area contributed by atoms with Crippen LogP contribution in [0.2, 0.25) is 0 Å². The Bertz CT molecular complexity index is 427. The minimum atomic E-state index is -0.375. The normalized spacial score (nSPS) is 19.3. The highest BCUT2D eigenvalue weighted by atomic mass is 16.6. The van der Waals surface area contributed by atoms with Gasteiger partial charge in [0.25, 0.3) is 0 Å². The molecule has 2 rings (SSSR count). The van der Waals surface area contributed by atoms with E-state index in [-0.39, 0.29) is 12.1 Å². The molecule has 1 atom stereocenters. The average molecular weight is 251 g/mol. The first-order valence-corrected chi connectivity index (χ1v) is 5.93. The van der Waals surface area contributed by atoms with E-state index in [9.17, 15) is 4.79 Å². The summed E-state index contributed by atoms with van der Waals surface area (Å²) in [5.74, 6) is 0.174. The van der Waals surface area contributed by atoms with Crippen molar-refractivity contribution in [3.63, 3.8) is 0 Å². The van der Waals surface area contributed by atoms with Crippen molar-refractivity contribution in [2.75, 3.05) is 26.1 Å². The van der Waals surface area contributed by atoms with E-state index in [1.54, 1.807) is 18.2 Å². The molecule has 1 aromatic carbocycles. The van der Waals surface area contributed by atoms with Crippen LogP contribution in [0.4, 0.5) is 5.69 Å². The summed E-state index contributed by atoms with van der Waals surface area (Å²) in [5.41, 5.74) is 6.60. The SMILES string of the molecule is COc1ccc(C(=O)OC2CCCOC2)cc1N. The lowest BCUT2D eigenvalue weighted by molar-refractivity contribution is -0.0305. The lowest BCUT2D eigenvalue weighted by Crippen LogP contribution is -2.28. The predicted molar refractivity (Wildman–Crippen MR) is 66.7 cm³/mol. The van der Waals surface area contributed by atoms with Crippen LogP contribution in [-0.2, 0) is 9.47 Å². The Morgan fingerprint density at radius 3 is 2.94 bits per heavy atom. The third-order valence-electron chi connectivity index (χ3n) is 2.86. The number of benzene rings is 1. The van der Waals surface area contributed by atoms with Gasteiger partial charge in [0, 0.05) is 6.61 Å². The van der Waals surface area contributed by atoms with Gasteiger partial charge in [-0.1, -0.05) is 0 Å². The smallest absolute Gasteiger partial charge is 0.338 e. The second-order valence-corrected chi connectivity index (χ2v) is 4.20. The maximum absolute atomic E-state index is 11.9. The molecule has 0 aromatic heterocycles. The van der Waals surface area contributed by atoms with Gasteiger partial charge in [-0.05, 0) is 31.0 Å². The molecule has 1 aliphatic rings. The number of ether oxygens (including phenoxy) is 3. The van der Waals surface area contributed by atoms with E-state index in [2.05, 4.69) is 0 Å². The third-order valence-corrected chi connectivity index (χ3v) is 2.86.